The van der Waals surface area contributed by atoms with Crippen molar-refractivity contribution in [2.75, 3.05) is 6.61 Å². The third kappa shape index (κ3) is 4.33. The summed E-state index contributed by atoms with van der Waals surface area (Å²) in [6.07, 6.45) is 1.30. The molecule has 3 nitrogen and oxygen atoms in total. The molecule has 0 spiro atoms. The van der Waals surface area contributed by atoms with E-state index in [4.69, 9.17) is 10.5 Å². The van der Waals surface area contributed by atoms with E-state index in [0.717, 1.165) is 5.56 Å². The summed E-state index contributed by atoms with van der Waals surface area (Å²) in [7, 11) is 0. The molecule has 0 radical (unpaired) electrons. The topological polar surface area (TPSA) is 52.3 Å². The van der Waals surface area contributed by atoms with Crippen molar-refractivity contribution in [1.29, 1.82) is 0 Å². The number of aryl methyl sites for hydroxylation is 1. The molecule has 0 saturated carbocycles. The minimum Gasteiger partial charge on any atom is -0.466 e. The predicted octanol–water partition coefficient (Wildman–Crippen LogP) is 4.68. The van der Waals surface area contributed by atoms with Gasteiger partial charge in [-0.25, -0.2) is 8.78 Å². The number of halogens is 3. The third-order valence-electron chi connectivity index (χ3n) is 4.69. The first-order valence-corrected chi connectivity index (χ1v) is 8.44. The van der Waals surface area contributed by atoms with Crippen molar-refractivity contribution in [2.24, 2.45) is 11.7 Å². The molecule has 26 heavy (non-hydrogen) atoms. The lowest BCUT2D eigenvalue weighted by Gasteiger charge is -2.39. The maximum atomic E-state index is 15.8. The normalized spacial score (nSPS) is 23.8. The summed E-state index contributed by atoms with van der Waals surface area (Å²) >= 11 is 0. The second-order valence-electron chi connectivity index (χ2n) is 6.63. The lowest BCUT2D eigenvalue weighted by atomic mass is 9.71. The number of benzene rings is 1. The molecule has 1 aromatic rings. The quantitative estimate of drug-likeness (QED) is 0.748. The number of alkyl halides is 1. The molecule has 0 amide bonds. The first-order chi connectivity index (χ1) is 11.7. The van der Waals surface area contributed by atoms with E-state index in [1.54, 1.807) is 13.8 Å². The van der Waals surface area contributed by atoms with E-state index < -0.39 is 29.4 Å². The van der Waals surface area contributed by atoms with Crippen LogP contribution in [0.5, 0.6) is 0 Å². The summed E-state index contributed by atoms with van der Waals surface area (Å²) in [5.41, 5.74) is 6.33. The monoisotopic (exact) mass is 385 g/mol. The Labute approximate surface area is 159 Å². The van der Waals surface area contributed by atoms with Gasteiger partial charge in [0.1, 0.15) is 11.5 Å². The molecule has 3 unspecified atom stereocenters. The zero-order chi connectivity index (χ0) is 18.8. The molecule has 2 N–H and O–H groups in total. The summed E-state index contributed by atoms with van der Waals surface area (Å²) in [4.78, 5) is 11.7. The Balaban J connectivity index is 0.00000338. The molecule has 0 bridgehead atoms. The van der Waals surface area contributed by atoms with Crippen molar-refractivity contribution < 1.29 is 18.3 Å². The highest BCUT2D eigenvalue weighted by atomic mass is 35.5. The first kappa shape index (κ1) is 22.3. The van der Waals surface area contributed by atoms with Crippen LogP contribution in [0.2, 0.25) is 0 Å². The minimum absolute atomic E-state index is 0. The number of ether oxygens (including phenoxy) is 1. The molecule has 6 heteroatoms. The Bertz CT molecular complexity index is 728. The maximum absolute atomic E-state index is 15.8. The van der Waals surface area contributed by atoms with E-state index in [1.807, 2.05) is 31.2 Å². The van der Waals surface area contributed by atoms with Crippen LogP contribution in [0.1, 0.15) is 38.3 Å². The number of rotatable bonds is 5. The van der Waals surface area contributed by atoms with Crippen LogP contribution < -0.4 is 5.73 Å². The van der Waals surface area contributed by atoms with Gasteiger partial charge in [-0.05, 0) is 56.0 Å². The fourth-order valence-corrected chi connectivity index (χ4v) is 3.41. The molecule has 1 aliphatic carbocycles. The summed E-state index contributed by atoms with van der Waals surface area (Å²) in [5, 5.41) is 0. The Morgan fingerprint density at radius 2 is 1.96 bits per heavy atom. The van der Waals surface area contributed by atoms with Gasteiger partial charge in [0.15, 0.2) is 0 Å². The Morgan fingerprint density at radius 1 is 1.35 bits per heavy atom. The van der Waals surface area contributed by atoms with E-state index in [9.17, 15) is 9.18 Å². The zero-order valence-corrected chi connectivity index (χ0v) is 16.3. The molecule has 3 atom stereocenters. The number of esters is 1. The lowest BCUT2D eigenvalue weighted by Crippen LogP contribution is -2.47. The third-order valence-corrected chi connectivity index (χ3v) is 4.69. The van der Waals surface area contributed by atoms with Gasteiger partial charge >= 0.3 is 5.97 Å². The minimum atomic E-state index is -2.04. The molecule has 0 aromatic heterocycles. The van der Waals surface area contributed by atoms with Crippen molar-refractivity contribution in [3.05, 3.63) is 52.9 Å². The average molecular weight is 386 g/mol. The standard InChI is InChI=1S/C20H25F2NO2.ClH/c1-5-25-17(24)11-16(23)18-19(21)13(3)10-15(20(18,4)22)14-9-7-6-8-12(14)2;/h6-10,16,18H,5,11,23H2,1-4H3;1H. The largest absolute Gasteiger partial charge is 0.466 e. The summed E-state index contributed by atoms with van der Waals surface area (Å²) in [6.45, 7) is 6.67. The molecular formula is C20H26ClF2NO2. The van der Waals surface area contributed by atoms with Gasteiger partial charge in [-0.2, -0.15) is 0 Å². The van der Waals surface area contributed by atoms with Crippen LogP contribution >= 0.6 is 12.4 Å². The van der Waals surface area contributed by atoms with E-state index in [-0.39, 0.29) is 25.4 Å². The Hall–Kier alpha value is -1.72. The van der Waals surface area contributed by atoms with Crippen LogP contribution in [0.15, 0.2) is 41.7 Å². The van der Waals surface area contributed by atoms with E-state index in [2.05, 4.69) is 0 Å². The molecule has 0 fully saturated rings. The van der Waals surface area contributed by atoms with Gasteiger partial charge in [0.05, 0.1) is 18.9 Å². The van der Waals surface area contributed by atoms with Gasteiger partial charge in [0.25, 0.3) is 0 Å². The lowest BCUT2D eigenvalue weighted by molar-refractivity contribution is -0.143. The van der Waals surface area contributed by atoms with E-state index in [1.165, 1.54) is 13.0 Å². The van der Waals surface area contributed by atoms with Gasteiger partial charge in [0, 0.05) is 6.04 Å². The van der Waals surface area contributed by atoms with Gasteiger partial charge in [0.2, 0.25) is 0 Å². The molecule has 1 aromatic carbocycles. The highest BCUT2D eigenvalue weighted by molar-refractivity contribution is 5.85. The molecule has 0 heterocycles. The van der Waals surface area contributed by atoms with Crippen LogP contribution in [-0.4, -0.2) is 24.3 Å². The number of hydrogen-bond donors (Lipinski definition) is 1. The van der Waals surface area contributed by atoms with Gasteiger partial charge in [-0.1, -0.05) is 24.3 Å². The van der Waals surface area contributed by atoms with Crippen LogP contribution in [0, 0.1) is 12.8 Å². The zero-order valence-electron chi connectivity index (χ0n) is 15.5. The number of carbonyl (C=O) groups excluding carboxylic acids is 1. The van der Waals surface area contributed by atoms with Crippen LogP contribution in [0.25, 0.3) is 5.57 Å². The molecular weight excluding hydrogens is 360 g/mol. The summed E-state index contributed by atoms with van der Waals surface area (Å²) in [5.74, 6) is -2.40. The molecule has 2 rings (SSSR count). The smallest absolute Gasteiger partial charge is 0.307 e. The van der Waals surface area contributed by atoms with E-state index >= 15 is 4.39 Å². The Kier molecular flexibility index (Phi) is 7.54. The molecule has 144 valence electrons. The number of nitrogens with two attached hydrogens (primary N) is 1. The fourth-order valence-electron chi connectivity index (χ4n) is 3.41. The molecule has 0 aliphatic heterocycles. The predicted molar refractivity (Wildman–Crippen MR) is 102 cm³/mol. The number of allylic oxidation sites excluding steroid dienone is 3. The van der Waals surface area contributed by atoms with Gasteiger partial charge < -0.3 is 10.5 Å². The fraction of sp³-hybridized carbons (Fsp3) is 0.450. The highest BCUT2D eigenvalue weighted by Gasteiger charge is 2.48. The maximum Gasteiger partial charge on any atom is 0.307 e. The van der Waals surface area contributed by atoms with Gasteiger partial charge in [-0.3, -0.25) is 4.79 Å². The highest BCUT2D eigenvalue weighted by Crippen LogP contribution is 2.47. The summed E-state index contributed by atoms with van der Waals surface area (Å²) < 4.78 is 35.4. The van der Waals surface area contributed by atoms with Crippen molar-refractivity contribution in [3.63, 3.8) is 0 Å². The number of hydrogen-bond acceptors (Lipinski definition) is 3. The van der Waals surface area contributed by atoms with Gasteiger partial charge in [-0.15, -0.1) is 12.4 Å². The van der Waals surface area contributed by atoms with Crippen molar-refractivity contribution in [3.8, 4) is 0 Å². The average Bonchev–Trinajstić information content (AvgIpc) is 2.51. The molecule has 1 aliphatic rings. The first-order valence-electron chi connectivity index (χ1n) is 8.44. The van der Waals surface area contributed by atoms with Crippen molar-refractivity contribution >= 4 is 23.9 Å². The van der Waals surface area contributed by atoms with Crippen molar-refractivity contribution in [2.45, 2.75) is 45.8 Å². The van der Waals surface area contributed by atoms with Crippen LogP contribution in [0.4, 0.5) is 8.78 Å². The van der Waals surface area contributed by atoms with E-state index in [0.29, 0.717) is 16.7 Å². The van der Waals surface area contributed by atoms with Crippen LogP contribution in [0.3, 0.4) is 0 Å². The van der Waals surface area contributed by atoms with Crippen LogP contribution in [-0.2, 0) is 9.53 Å². The molecule has 0 saturated heterocycles. The Morgan fingerprint density at radius 3 is 2.54 bits per heavy atom. The number of carbonyl (C=O) groups is 1. The SMILES string of the molecule is CCOC(=O)CC(N)C1C(F)=C(C)C=C(c2ccccc2C)C1(C)F.Cl. The second kappa shape index (κ2) is 8.78. The second-order valence-corrected chi connectivity index (χ2v) is 6.63. The summed E-state index contributed by atoms with van der Waals surface area (Å²) in [6, 6.07) is 6.35. The van der Waals surface area contributed by atoms with Crippen molar-refractivity contribution in [1.82, 2.24) is 0 Å².